The number of carboxylic acid groups (broad SMARTS) is 1. The van der Waals surface area contributed by atoms with E-state index in [9.17, 15) is 22.7 Å². The van der Waals surface area contributed by atoms with Gasteiger partial charge < -0.3 is 15.3 Å². The van der Waals surface area contributed by atoms with Crippen LogP contribution in [-0.2, 0) is 14.6 Å². The zero-order valence-electron chi connectivity index (χ0n) is 32.6. The molecule has 1 aliphatic heterocycles. The number of fused-ring (bicyclic) bond motifs is 7. The largest absolute Gasteiger partial charge is 0.481 e. The molecular formula is C43H67FN2O4S. The van der Waals surface area contributed by atoms with Gasteiger partial charge in [-0.25, -0.2) is 12.8 Å². The second kappa shape index (κ2) is 12.8. The van der Waals surface area contributed by atoms with Crippen LogP contribution in [0, 0.1) is 56.7 Å². The zero-order chi connectivity index (χ0) is 36.8. The average molecular weight is 727 g/mol. The Hall–Kier alpha value is -1.51. The molecule has 0 radical (unpaired) electrons. The van der Waals surface area contributed by atoms with Gasteiger partial charge in [-0.15, -0.1) is 0 Å². The molecule has 1 heterocycles. The van der Waals surface area contributed by atoms with Gasteiger partial charge in [0.1, 0.15) is 6.67 Å². The van der Waals surface area contributed by atoms with Crippen LogP contribution in [0.3, 0.4) is 0 Å². The van der Waals surface area contributed by atoms with E-state index in [0.29, 0.717) is 67.0 Å². The molecule has 0 aromatic rings. The van der Waals surface area contributed by atoms with Crippen LogP contribution in [0.2, 0.25) is 0 Å². The minimum absolute atomic E-state index is 0.0163. The smallest absolute Gasteiger partial charge is 0.312 e. The minimum Gasteiger partial charge on any atom is -0.481 e. The molecule has 8 heteroatoms. The number of carbonyl (C=O) groups is 1. The highest BCUT2D eigenvalue weighted by Crippen LogP contribution is 2.76. The van der Waals surface area contributed by atoms with Crippen molar-refractivity contribution in [3.05, 3.63) is 35.5 Å². The summed E-state index contributed by atoms with van der Waals surface area (Å²) in [5.74, 6) is 2.58. The summed E-state index contributed by atoms with van der Waals surface area (Å²) in [6.45, 7) is 22.1. The van der Waals surface area contributed by atoms with E-state index in [0.717, 1.165) is 19.5 Å². The second-order valence-corrected chi connectivity index (χ2v) is 22.3. The van der Waals surface area contributed by atoms with Crippen molar-refractivity contribution in [3.8, 4) is 0 Å². The Morgan fingerprint density at radius 1 is 0.941 bits per heavy atom. The van der Waals surface area contributed by atoms with Gasteiger partial charge in [0.15, 0.2) is 9.84 Å². The topological polar surface area (TPSA) is 86.7 Å². The van der Waals surface area contributed by atoms with Crippen LogP contribution in [0.5, 0.6) is 0 Å². The molecule has 4 saturated carbocycles. The number of rotatable bonds is 8. The predicted octanol–water partition coefficient (Wildman–Crippen LogP) is 8.40. The number of allylic oxidation sites excluding steroid dienone is 5. The lowest BCUT2D eigenvalue weighted by Gasteiger charge is -2.72. The molecule has 2 N–H and O–H groups in total. The molecule has 1 saturated heterocycles. The Morgan fingerprint density at radius 2 is 1.67 bits per heavy atom. The molecule has 6 aliphatic carbocycles. The van der Waals surface area contributed by atoms with E-state index >= 15 is 0 Å². The highest BCUT2D eigenvalue weighted by Gasteiger charge is 2.70. The van der Waals surface area contributed by atoms with Gasteiger partial charge in [-0.1, -0.05) is 58.9 Å². The first-order valence-electron chi connectivity index (χ1n) is 20.4. The molecule has 0 aromatic carbocycles. The average Bonchev–Trinajstić information content (AvgIpc) is 3.46. The monoisotopic (exact) mass is 726 g/mol. The van der Waals surface area contributed by atoms with Crippen LogP contribution in [0.15, 0.2) is 35.5 Å². The Bertz CT molecular complexity index is 1590. The normalized spacial score (nSPS) is 46.1. The van der Waals surface area contributed by atoms with Crippen LogP contribution in [0.4, 0.5) is 4.39 Å². The Labute approximate surface area is 308 Å². The number of halogens is 1. The summed E-state index contributed by atoms with van der Waals surface area (Å²) in [6, 6.07) is 0. The molecule has 0 spiro atoms. The van der Waals surface area contributed by atoms with Gasteiger partial charge in [-0.05, 0) is 146 Å². The molecule has 286 valence electrons. The van der Waals surface area contributed by atoms with E-state index in [-0.39, 0.29) is 33.6 Å². The molecule has 51 heavy (non-hydrogen) atoms. The van der Waals surface area contributed by atoms with E-state index in [4.69, 9.17) is 0 Å². The van der Waals surface area contributed by atoms with Gasteiger partial charge in [0.05, 0.1) is 16.9 Å². The van der Waals surface area contributed by atoms with Crippen molar-refractivity contribution < 1.29 is 22.7 Å². The molecule has 6 nitrogen and oxygen atoms in total. The SMILES string of the molecule is C=C(C)[C@@H]1CC[C@]2(NCCN3CCS(=O)(=O)CC3)CC[C@]3(C)[C@H](CC[C@@H]4[C@@]5(C)CC=C(C6=CCC(CF)(C(=O)O)CC6)C(C)(C)[C@@H]5CC[C@]43C)[C@@H]12. The van der Waals surface area contributed by atoms with Crippen LogP contribution < -0.4 is 5.32 Å². The lowest BCUT2D eigenvalue weighted by Crippen LogP contribution is -2.68. The number of sulfone groups is 1. The van der Waals surface area contributed by atoms with Gasteiger partial charge in [0.25, 0.3) is 0 Å². The third kappa shape index (κ3) is 5.71. The molecular weight excluding hydrogens is 660 g/mol. The third-order valence-corrected chi connectivity index (χ3v) is 19.3. The number of alkyl halides is 1. The van der Waals surface area contributed by atoms with Crippen LogP contribution in [0.1, 0.15) is 119 Å². The van der Waals surface area contributed by atoms with Crippen LogP contribution in [0.25, 0.3) is 0 Å². The highest BCUT2D eigenvalue weighted by atomic mass is 32.2. The van der Waals surface area contributed by atoms with E-state index in [1.165, 1.54) is 68.1 Å². The van der Waals surface area contributed by atoms with Crippen molar-refractivity contribution in [2.24, 2.45) is 56.7 Å². The molecule has 7 aliphatic rings. The summed E-state index contributed by atoms with van der Waals surface area (Å²) < 4.78 is 38.0. The van der Waals surface area contributed by atoms with Crippen molar-refractivity contribution in [2.45, 2.75) is 124 Å². The summed E-state index contributed by atoms with van der Waals surface area (Å²) >= 11 is 0. The first-order valence-corrected chi connectivity index (χ1v) is 22.2. The summed E-state index contributed by atoms with van der Waals surface area (Å²) in [5.41, 5.74) is 3.60. The van der Waals surface area contributed by atoms with Gasteiger partial charge in [-0.3, -0.25) is 4.79 Å². The van der Waals surface area contributed by atoms with Gasteiger partial charge in [0, 0.05) is 31.7 Å². The van der Waals surface area contributed by atoms with Gasteiger partial charge in [-0.2, -0.15) is 0 Å². The molecule has 0 amide bonds. The first-order chi connectivity index (χ1) is 23.9. The summed E-state index contributed by atoms with van der Waals surface area (Å²) in [4.78, 5) is 14.3. The predicted molar refractivity (Wildman–Crippen MR) is 204 cm³/mol. The molecule has 1 unspecified atom stereocenters. The fraction of sp³-hybridized carbons (Fsp3) is 0.837. The van der Waals surface area contributed by atoms with Crippen molar-refractivity contribution in [2.75, 3.05) is 44.4 Å². The van der Waals surface area contributed by atoms with Gasteiger partial charge >= 0.3 is 5.97 Å². The minimum atomic E-state index is -2.87. The third-order valence-electron chi connectivity index (χ3n) is 17.7. The Balaban J connectivity index is 1.13. The van der Waals surface area contributed by atoms with Gasteiger partial charge in [0.2, 0.25) is 0 Å². The van der Waals surface area contributed by atoms with Crippen LogP contribution >= 0.6 is 0 Å². The van der Waals surface area contributed by atoms with Crippen LogP contribution in [-0.4, -0.2) is 74.3 Å². The Kier molecular flexibility index (Phi) is 9.47. The van der Waals surface area contributed by atoms with E-state index in [2.05, 4.69) is 70.5 Å². The summed E-state index contributed by atoms with van der Waals surface area (Å²) in [7, 11) is -2.87. The maximum atomic E-state index is 14.0. The Morgan fingerprint density at radius 3 is 2.29 bits per heavy atom. The van der Waals surface area contributed by atoms with Crippen molar-refractivity contribution in [3.63, 3.8) is 0 Å². The summed E-state index contributed by atoms with van der Waals surface area (Å²) in [6.07, 6.45) is 16.9. The number of nitrogens with one attached hydrogen (secondary N) is 1. The number of nitrogens with zero attached hydrogens (tertiary/aromatic N) is 1. The lowest BCUT2D eigenvalue weighted by molar-refractivity contribution is -0.221. The standard InChI is InChI=1S/C43H67FN2O4S/c1-29(2)31-12-19-43(45-22-23-46-24-26-51(49,50)27-25-46)21-20-40(6)33(36(31)43)8-9-35-39(5)15-13-32(38(3,4)34(39)14-16-41(35,40)7)30-10-17-42(28-44,18-11-30)37(47)48/h10,13,31,33-36,45H,1,8-9,11-12,14-28H2,2-7H3,(H,47,48)/t31-,33+,34-,35+,36+,39-,40+,41+,42?,43-/m0/s1. The fourth-order valence-corrected chi connectivity index (χ4v) is 15.8. The first kappa shape index (κ1) is 37.8. The molecule has 7 rings (SSSR count). The highest BCUT2D eigenvalue weighted by molar-refractivity contribution is 7.91. The second-order valence-electron chi connectivity index (χ2n) is 20.0. The molecule has 0 aromatic heterocycles. The van der Waals surface area contributed by atoms with E-state index in [1.807, 2.05) is 0 Å². The molecule has 10 atom stereocenters. The lowest BCUT2D eigenvalue weighted by atomic mass is 9.33. The number of hydrogen-bond donors (Lipinski definition) is 2. The quantitative estimate of drug-likeness (QED) is 0.245. The maximum Gasteiger partial charge on any atom is 0.312 e. The molecule has 5 fully saturated rings. The fourth-order valence-electron chi connectivity index (χ4n) is 14.6. The van der Waals surface area contributed by atoms with Crippen molar-refractivity contribution >= 4 is 15.8 Å². The summed E-state index contributed by atoms with van der Waals surface area (Å²) in [5, 5.41) is 14.0. The molecule has 0 bridgehead atoms. The number of hydrogen-bond acceptors (Lipinski definition) is 5. The van der Waals surface area contributed by atoms with Crippen molar-refractivity contribution in [1.82, 2.24) is 10.2 Å². The number of aliphatic carboxylic acids is 1. The van der Waals surface area contributed by atoms with E-state index < -0.39 is 27.9 Å². The number of carboxylic acids is 1. The van der Waals surface area contributed by atoms with E-state index in [1.54, 1.807) is 0 Å². The maximum absolute atomic E-state index is 14.0. The van der Waals surface area contributed by atoms with Crippen molar-refractivity contribution in [1.29, 1.82) is 0 Å². The zero-order valence-corrected chi connectivity index (χ0v) is 33.4.